The minimum atomic E-state index is 0. The standard InChI is InChI=1S/C21H27N7S.HI/c1-17-24-25-19(26(17)2)16-23-21(22-15-18-7-4-3-5-8-18)28-12-10-27(11-13-28)20-9-6-14-29-20;/h3-9,14H,10-13,15-16H2,1-2H3,(H,22,23);1H. The molecule has 1 saturated heterocycles. The van der Waals surface area contributed by atoms with Crippen LogP contribution in [0.15, 0.2) is 52.8 Å². The van der Waals surface area contributed by atoms with Crippen molar-refractivity contribution in [2.45, 2.75) is 20.0 Å². The Morgan fingerprint density at radius 1 is 1.07 bits per heavy atom. The molecule has 9 heteroatoms. The summed E-state index contributed by atoms with van der Waals surface area (Å²) in [5, 5.41) is 15.4. The van der Waals surface area contributed by atoms with E-state index in [4.69, 9.17) is 4.99 Å². The molecule has 160 valence electrons. The first kappa shape index (κ1) is 22.5. The maximum atomic E-state index is 4.92. The first-order chi connectivity index (χ1) is 14.2. The van der Waals surface area contributed by atoms with Crippen LogP contribution < -0.4 is 10.2 Å². The van der Waals surface area contributed by atoms with Crippen molar-refractivity contribution < 1.29 is 0 Å². The van der Waals surface area contributed by atoms with Gasteiger partial charge in [0.15, 0.2) is 11.8 Å². The fourth-order valence-electron chi connectivity index (χ4n) is 3.37. The van der Waals surface area contributed by atoms with Gasteiger partial charge in [0, 0.05) is 33.2 Å². The van der Waals surface area contributed by atoms with Gasteiger partial charge >= 0.3 is 0 Å². The van der Waals surface area contributed by atoms with Crippen molar-refractivity contribution >= 4 is 46.3 Å². The normalized spacial score (nSPS) is 14.5. The first-order valence-electron chi connectivity index (χ1n) is 9.91. The Hall–Kier alpha value is -2.14. The molecule has 1 aliphatic rings. The summed E-state index contributed by atoms with van der Waals surface area (Å²) in [4.78, 5) is 9.71. The number of aliphatic imine (C=N–C) groups is 1. The molecule has 30 heavy (non-hydrogen) atoms. The molecule has 3 heterocycles. The summed E-state index contributed by atoms with van der Waals surface area (Å²) in [6.45, 7) is 7.10. The fourth-order valence-corrected chi connectivity index (χ4v) is 4.15. The number of aromatic nitrogens is 3. The van der Waals surface area contributed by atoms with Crippen molar-refractivity contribution in [2.75, 3.05) is 31.1 Å². The third-order valence-electron chi connectivity index (χ3n) is 5.24. The van der Waals surface area contributed by atoms with Crippen LogP contribution in [0.5, 0.6) is 0 Å². The lowest BCUT2D eigenvalue weighted by atomic mass is 10.2. The van der Waals surface area contributed by atoms with Gasteiger partial charge in [0.25, 0.3) is 0 Å². The van der Waals surface area contributed by atoms with Gasteiger partial charge in [-0.2, -0.15) is 0 Å². The Labute approximate surface area is 198 Å². The Balaban J connectivity index is 0.00000256. The van der Waals surface area contributed by atoms with E-state index in [0.29, 0.717) is 13.1 Å². The molecule has 7 nitrogen and oxygen atoms in total. The van der Waals surface area contributed by atoms with E-state index in [1.807, 2.05) is 24.6 Å². The van der Waals surface area contributed by atoms with Crippen LogP contribution in [0.4, 0.5) is 5.00 Å². The molecule has 0 amide bonds. The average molecular weight is 537 g/mol. The zero-order valence-electron chi connectivity index (χ0n) is 17.4. The average Bonchev–Trinajstić information content (AvgIpc) is 3.41. The Morgan fingerprint density at radius 3 is 2.47 bits per heavy atom. The van der Waals surface area contributed by atoms with Crippen LogP contribution in [-0.2, 0) is 20.1 Å². The number of thiophene rings is 1. The summed E-state index contributed by atoms with van der Waals surface area (Å²) >= 11 is 1.80. The molecule has 4 rings (SSSR count). The van der Waals surface area contributed by atoms with E-state index in [0.717, 1.165) is 43.8 Å². The van der Waals surface area contributed by atoms with Gasteiger partial charge in [-0.05, 0) is 30.0 Å². The van der Waals surface area contributed by atoms with Gasteiger partial charge in [-0.1, -0.05) is 30.3 Å². The predicted molar refractivity (Wildman–Crippen MR) is 134 cm³/mol. The number of nitrogens with zero attached hydrogens (tertiary/aromatic N) is 6. The highest BCUT2D eigenvalue weighted by Gasteiger charge is 2.21. The van der Waals surface area contributed by atoms with E-state index < -0.39 is 0 Å². The lowest BCUT2D eigenvalue weighted by Gasteiger charge is -2.37. The Morgan fingerprint density at radius 2 is 1.83 bits per heavy atom. The molecular weight excluding hydrogens is 509 g/mol. The molecule has 1 N–H and O–H groups in total. The molecule has 1 aliphatic heterocycles. The largest absolute Gasteiger partial charge is 0.360 e. The van der Waals surface area contributed by atoms with Crippen LogP contribution in [0, 0.1) is 6.92 Å². The number of halogens is 1. The van der Waals surface area contributed by atoms with Crippen LogP contribution >= 0.6 is 35.3 Å². The van der Waals surface area contributed by atoms with Gasteiger partial charge in [0.05, 0.1) is 18.1 Å². The van der Waals surface area contributed by atoms with Gasteiger partial charge in [-0.15, -0.1) is 45.5 Å². The molecule has 0 aliphatic carbocycles. The smallest absolute Gasteiger partial charge is 0.194 e. The number of rotatable bonds is 5. The molecular formula is C21H28IN7S. The van der Waals surface area contributed by atoms with E-state index in [9.17, 15) is 0 Å². The van der Waals surface area contributed by atoms with Crippen molar-refractivity contribution in [3.05, 3.63) is 65.1 Å². The zero-order chi connectivity index (χ0) is 20.1. The lowest BCUT2D eigenvalue weighted by molar-refractivity contribution is 0.371. The maximum absolute atomic E-state index is 4.92. The molecule has 0 unspecified atom stereocenters. The maximum Gasteiger partial charge on any atom is 0.194 e. The molecule has 0 spiro atoms. The highest BCUT2D eigenvalue weighted by Crippen LogP contribution is 2.22. The van der Waals surface area contributed by atoms with Gasteiger partial charge < -0.3 is 19.7 Å². The van der Waals surface area contributed by atoms with Gasteiger partial charge in [0.2, 0.25) is 0 Å². The predicted octanol–water partition coefficient (Wildman–Crippen LogP) is 3.27. The number of aryl methyl sites for hydroxylation is 1. The number of hydrogen-bond acceptors (Lipinski definition) is 5. The summed E-state index contributed by atoms with van der Waals surface area (Å²) in [6.07, 6.45) is 0. The molecule has 0 bridgehead atoms. The van der Waals surface area contributed by atoms with Gasteiger partial charge in [-0.3, -0.25) is 0 Å². The SMILES string of the molecule is Cc1nnc(CNC(=NCc2ccccc2)N2CCN(c3cccs3)CC2)n1C.I. The van der Waals surface area contributed by atoms with Crippen molar-refractivity contribution in [1.82, 2.24) is 25.0 Å². The Kier molecular flexibility index (Phi) is 8.08. The molecule has 0 atom stereocenters. The van der Waals surface area contributed by atoms with Crippen LogP contribution in [0.3, 0.4) is 0 Å². The molecule has 0 saturated carbocycles. The van der Waals surface area contributed by atoms with Crippen molar-refractivity contribution in [2.24, 2.45) is 12.0 Å². The number of benzene rings is 1. The number of piperazine rings is 1. The summed E-state index contributed by atoms with van der Waals surface area (Å²) in [5.41, 5.74) is 1.21. The minimum Gasteiger partial charge on any atom is -0.360 e. The van der Waals surface area contributed by atoms with Crippen LogP contribution in [-0.4, -0.2) is 51.8 Å². The lowest BCUT2D eigenvalue weighted by Crippen LogP contribution is -2.52. The van der Waals surface area contributed by atoms with E-state index in [2.05, 4.69) is 67.1 Å². The van der Waals surface area contributed by atoms with Crippen molar-refractivity contribution in [1.29, 1.82) is 0 Å². The number of nitrogens with one attached hydrogen (secondary N) is 1. The van der Waals surface area contributed by atoms with E-state index in [1.165, 1.54) is 10.6 Å². The van der Waals surface area contributed by atoms with Gasteiger partial charge in [-0.25, -0.2) is 4.99 Å². The highest BCUT2D eigenvalue weighted by atomic mass is 127. The topological polar surface area (TPSA) is 61.6 Å². The second-order valence-electron chi connectivity index (χ2n) is 7.13. The third-order valence-corrected chi connectivity index (χ3v) is 6.17. The van der Waals surface area contributed by atoms with Gasteiger partial charge in [0.1, 0.15) is 5.82 Å². The van der Waals surface area contributed by atoms with Crippen LogP contribution in [0.2, 0.25) is 0 Å². The summed E-state index contributed by atoms with van der Waals surface area (Å²) in [5.74, 6) is 2.75. The number of hydrogen-bond donors (Lipinski definition) is 1. The van der Waals surface area contributed by atoms with E-state index >= 15 is 0 Å². The summed E-state index contributed by atoms with van der Waals surface area (Å²) in [7, 11) is 1.99. The third kappa shape index (κ3) is 5.51. The zero-order valence-corrected chi connectivity index (χ0v) is 20.5. The quantitative estimate of drug-likeness (QED) is 0.308. The monoisotopic (exact) mass is 537 g/mol. The molecule has 0 radical (unpaired) electrons. The fraction of sp³-hybridized carbons (Fsp3) is 0.381. The van der Waals surface area contributed by atoms with Crippen LogP contribution in [0.25, 0.3) is 0 Å². The molecule has 1 aromatic carbocycles. The van der Waals surface area contributed by atoms with E-state index in [1.54, 1.807) is 11.3 Å². The molecule has 1 fully saturated rings. The van der Waals surface area contributed by atoms with Crippen LogP contribution in [0.1, 0.15) is 17.2 Å². The summed E-state index contributed by atoms with van der Waals surface area (Å²) < 4.78 is 2.01. The summed E-state index contributed by atoms with van der Waals surface area (Å²) in [6, 6.07) is 14.7. The van der Waals surface area contributed by atoms with Crippen molar-refractivity contribution in [3.8, 4) is 0 Å². The highest BCUT2D eigenvalue weighted by molar-refractivity contribution is 14.0. The molecule has 3 aromatic rings. The molecule has 2 aromatic heterocycles. The second-order valence-corrected chi connectivity index (χ2v) is 8.05. The van der Waals surface area contributed by atoms with E-state index in [-0.39, 0.29) is 24.0 Å². The number of anilines is 1. The minimum absolute atomic E-state index is 0. The second kappa shape index (κ2) is 10.8. The van der Waals surface area contributed by atoms with Crippen molar-refractivity contribution in [3.63, 3.8) is 0 Å². The Bertz CT molecular complexity index is 932. The number of guanidine groups is 1. The first-order valence-corrected chi connectivity index (χ1v) is 10.8.